The fourth-order valence-electron chi connectivity index (χ4n) is 5.18. The highest BCUT2D eigenvalue weighted by Crippen LogP contribution is 2.53. The summed E-state index contributed by atoms with van der Waals surface area (Å²) < 4.78 is 5.93. The van der Waals surface area contributed by atoms with Crippen LogP contribution in [0.4, 0.5) is 5.69 Å². The van der Waals surface area contributed by atoms with Crippen LogP contribution in [-0.2, 0) is 19.2 Å². The number of hydrogen-bond acceptors (Lipinski definition) is 8. The van der Waals surface area contributed by atoms with Gasteiger partial charge in [-0.2, -0.15) is 0 Å². The molecule has 0 saturated carbocycles. The molecule has 3 aromatic carbocycles. The molecular formula is C28H21N3O7S2. The highest BCUT2D eigenvalue weighted by Gasteiger charge is 2.56. The summed E-state index contributed by atoms with van der Waals surface area (Å²) in [6.07, 6.45) is 0. The first-order chi connectivity index (χ1) is 19.3. The van der Waals surface area contributed by atoms with E-state index in [1.807, 2.05) is 36.4 Å². The third-order valence-corrected chi connectivity index (χ3v) is 9.26. The lowest BCUT2D eigenvalue weighted by Gasteiger charge is -2.30. The maximum atomic E-state index is 13.4. The number of nitrogens with one attached hydrogen (secondary N) is 2. The number of aromatic nitrogens is 1. The largest absolute Gasteiger partial charge is 0.483 e. The minimum Gasteiger partial charge on any atom is -0.483 e. The van der Waals surface area contributed by atoms with Crippen LogP contribution in [0.2, 0.25) is 0 Å². The van der Waals surface area contributed by atoms with Crippen LogP contribution in [-0.4, -0.2) is 57.1 Å². The van der Waals surface area contributed by atoms with E-state index < -0.39 is 47.3 Å². The van der Waals surface area contributed by atoms with Crippen LogP contribution in [0.15, 0.2) is 76.6 Å². The number of benzene rings is 3. The second-order valence-electron chi connectivity index (χ2n) is 9.34. The van der Waals surface area contributed by atoms with Crippen molar-refractivity contribution >= 4 is 63.2 Å². The normalized spacial score (nSPS) is 19.8. The molecule has 6 rings (SSSR count). The average molecular weight is 576 g/mol. The molecule has 202 valence electrons. The predicted molar refractivity (Wildman–Crippen MR) is 149 cm³/mol. The Morgan fingerprint density at radius 1 is 0.975 bits per heavy atom. The van der Waals surface area contributed by atoms with E-state index in [1.165, 1.54) is 0 Å². The van der Waals surface area contributed by atoms with Crippen molar-refractivity contribution in [2.45, 2.75) is 16.2 Å². The van der Waals surface area contributed by atoms with E-state index in [0.29, 0.717) is 26.9 Å². The molecule has 0 spiro atoms. The third kappa shape index (κ3) is 4.65. The van der Waals surface area contributed by atoms with Gasteiger partial charge in [-0.15, -0.1) is 0 Å². The first-order valence-electron chi connectivity index (χ1n) is 12.3. The number of amides is 3. The van der Waals surface area contributed by atoms with Gasteiger partial charge in [0.25, 0.3) is 5.91 Å². The maximum Gasteiger partial charge on any atom is 0.323 e. The molecule has 0 bridgehead atoms. The molecule has 3 atom stereocenters. The molecule has 1 aromatic heterocycles. The topological polar surface area (TPSA) is 146 Å². The molecule has 2 aliphatic heterocycles. The lowest BCUT2D eigenvalue weighted by molar-refractivity contribution is -0.149. The number of carboxylic acid groups (broad SMARTS) is 1. The lowest BCUT2D eigenvalue weighted by atomic mass is 9.82. The Balaban J connectivity index is 1.28. The van der Waals surface area contributed by atoms with E-state index in [-0.39, 0.29) is 11.5 Å². The molecule has 1 saturated heterocycles. The van der Waals surface area contributed by atoms with Crippen molar-refractivity contribution in [2.24, 2.45) is 5.92 Å². The van der Waals surface area contributed by atoms with Gasteiger partial charge in [0.2, 0.25) is 11.8 Å². The SMILES string of the molecule is O=C(O)CN1C(=O)C2Sc3[nH]c(=O)sc3[C@@H](c3ccccc3OCC(=O)Nc3ccc4ccccc4c3)C2C1=O. The van der Waals surface area contributed by atoms with Crippen LogP contribution in [0, 0.1) is 5.92 Å². The number of rotatable bonds is 7. The molecule has 3 amide bonds. The van der Waals surface area contributed by atoms with E-state index >= 15 is 0 Å². The second kappa shape index (κ2) is 10.3. The zero-order chi connectivity index (χ0) is 28.0. The standard InChI is InChI=1S/C28H21N3O7S2/c32-19(29-16-10-9-14-5-1-2-6-15(14)11-16)13-38-18-8-4-3-7-17(18)21-22-24(39-25-23(21)40-28(37)30-25)27(36)31(26(22)35)12-20(33)34/h1-11,21-22,24H,12-13H2,(H,29,32)(H,30,37)(H,33,34)/t21-,22?,24?/m0/s1. The van der Waals surface area contributed by atoms with E-state index in [1.54, 1.807) is 30.3 Å². The summed E-state index contributed by atoms with van der Waals surface area (Å²) in [5, 5.41) is 13.7. The van der Waals surface area contributed by atoms with Crippen molar-refractivity contribution in [1.29, 1.82) is 0 Å². The number of hydrogen-bond donors (Lipinski definition) is 3. The highest BCUT2D eigenvalue weighted by molar-refractivity contribution is 8.00. The molecular weight excluding hydrogens is 554 g/mol. The number of likely N-dealkylation sites (tertiary alicyclic amines) is 1. The van der Waals surface area contributed by atoms with Crippen molar-refractivity contribution in [2.75, 3.05) is 18.5 Å². The Morgan fingerprint density at radius 2 is 1.73 bits per heavy atom. The molecule has 3 heterocycles. The number of carbonyl (C=O) groups excluding carboxylic acids is 3. The Kier molecular flexibility index (Phi) is 6.64. The van der Waals surface area contributed by atoms with E-state index in [4.69, 9.17) is 4.74 Å². The summed E-state index contributed by atoms with van der Waals surface area (Å²) in [7, 11) is 0. The average Bonchev–Trinajstić information content (AvgIpc) is 3.42. The molecule has 2 aliphatic rings. The monoisotopic (exact) mass is 575 g/mol. The van der Waals surface area contributed by atoms with Gasteiger partial charge < -0.3 is 20.1 Å². The smallest absolute Gasteiger partial charge is 0.323 e. The van der Waals surface area contributed by atoms with Crippen molar-refractivity contribution in [3.63, 3.8) is 0 Å². The van der Waals surface area contributed by atoms with Gasteiger partial charge in [0.1, 0.15) is 17.5 Å². The van der Waals surface area contributed by atoms with Crippen molar-refractivity contribution in [1.82, 2.24) is 9.88 Å². The molecule has 4 aromatic rings. The van der Waals surface area contributed by atoms with Gasteiger partial charge in [-0.05, 0) is 29.0 Å². The summed E-state index contributed by atoms with van der Waals surface area (Å²) in [4.78, 5) is 66.6. The Morgan fingerprint density at radius 3 is 2.52 bits per heavy atom. The van der Waals surface area contributed by atoms with Crippen molar-refractivity contribution in [3.8, 4) is 5.75 Å². The Bertz CT molecular complexity index is 1750. The molecule has 10 nitrogen and oxygen atoms in total. The number of aromatic amines is 1. The van der Waals surface area contributed by atoms with Crippen molar-refractivity contribution < 1.29 is 29.0 Å². The number of imide groups is 1. The molecule has 40 heavy (non-hydrogen) atoms. The minimum absolute atomic E-state index is 0.315. The molecule has 2 unspecified atom stereocenters. The van der Waals surface area contributed by atoms with Crippen LogP contribution < -0.4 is 14.9 Å². The fourth-order valence-corrected chi connectivity index (χ4v) is 7.70. The lowest BCUT2D eigenvalue weighted by Crippen LogP contribution is -2.36. The van der Waals surface area contributed by atoms with Crippen LogP contribution in [0.25, 0.3) is 10.8 Å². The van der Waals surface area contributed by atoms with Crippen LogP contribution in [0.5, 0.6) is 5.75 Å². The fraction of sp³-hybridized carbons (Fsp3) is 0.179. The van der Waals surface area contributed by atoms with Crippen molar-refractivity contribution in [3.05, 3.63) is 86.8 Å². The van der Waals surface area contributed by atoms with Gasteiger partial charge in [0.05, 0.1) is 10.9 Å². The number of H-pyrrole nitrogens is 1. The van der Waals surface area contributed by atoms with Crippen LogP contribution in [0.1, 0.15) is 16.4 Å². The zero-order valence-electron chi connectivity index (χ0n) is 20.7. The Hall–Kier alpha value is -4.42. The number of carboxylic acids is 1. The van der Waals surface area contributed by atoms with Gasteiger partial charge >= 0.3 is 10.8 Å². The molecule has 0 radical (unpaired) electrons. The Labute approximate surface area is 235 Å². The molecule has 3 N–H and O–H groups in total. The summed E-state index contributed by atoms with van der Waals surface area (Å²) >= 11 is 1.99. The van der Waals surface area contributed by atoms with Gasteiger partial charge in [-0.1, -0.05) is 71.6 Å². The number of aliphatic carboxylic acids is 1. The highest BCUT2D eigenvalue weighted by atomic mass is 32.2. The molecule has 1 fully saturated rings. The summed E-state index contributed by atoms with van der Waals surface area (Å²) in [6.45, 7) is -1.07. The van der Waals surface area contributed by atoms with E-state index in [0.717, 1.165) is 38.8 Å². The van der Waals surface area contributed by atoms with Gasteiger partial charge in [0, 0.05) is 22.0 Å². The molecule has 0 aliphatic carbocycles. The summed E-state index contributed by atoms with van der Waals surface area (Å²) in [5.74, 6) is -4.30. The maximum absolute atomic E-state index is 13.4. The molecule has 12 heteroatoms. The first-order valence-corrected chi connectivity index (χ1v) is 14.0. The zero-order valence-corrected chi connectivity index (χ0v) is 22.3. The van der Waals surface area contributed by atoms with Gasteiger partial charge in [0.15, 0.2) is 6.61 Å². The quantitative estimate of drug-likeness (QED) is 0.285. The third-order valence-electron chi connectivity index (χ3n) is 6.85. The number of nitrogens with zero attached hydrogens (tertiary/aromatic N) is 1. The number of carbonyl (C=O) groups is 4. The number of para-hydroxylation sites is 1. The van der Waals surface area contributed by atoms with Crippen LogP contribution >= 0.6 is 23.1 Å². The van der Waals surface area contributed by atoms with E-state index in [9.17, 15) is 29.1 Å². The van der Waals surface area contributed by atoms with Gasteiger partial charge in [-0.3, -0.25) is 28.9 Å². The van der Waals surface area contributed by atoms with Gasteiger partial charge in [-0.25, -0.2) is 0 Å². The minimum atomic E-state index is -1.30. The number of fused-ring (bicyclic) bond motifs is 3. The number of thioether (sulfide) groups is 1. The number of ether oxygens (including phenoxy) is 1. The summed E-state index contributed by atoms with van der Waals surface area (Å²) in [6, 6.07) is 20.2. The van der Waals surface area contributed by atoms with Crippen LogP contribution in [0.3, 0.4) is 0 Å². The predicted octanol–water partition coefficient (Wildman–Crippen LogP) is 3.28. The first kappa shape index (κ1) is 25.8. The second-order valence-corrected chi connectivity index (χ2v) is 11.5. The van der Waals surface area contributed by atoms with E-state index in [2.05, 4.69) is 10.3 Å². The summed E-state index contributed by atoms with van der Waals surface area (Å²) in [5.41, 5.74) is 1.13. The number of anilines is 1. The number of thiazole rings is 1.